The minimum absolute atomic E-state index is 0.299. The van der Waals surface area contributed by atoms with Crippen molar-refractivity contribution in [3.05, 3.63) is 46.5 Å². The molecule has 1 aliphatic carbocycles. The fraction of sp³-hybridized carbons (Fsp3) is 0.500. The van der Waals surface area contributed by atoms with Gasteiger partial charge in [0.2, 0.25) is 0 Å². The van der Waals surface area contributed by atoms with E-state index in [1.54, 1.807) is 0 Å². The summed E-state index contributed by atoms with van der Waals surface area (Å²) >= 11 is 0. The van der Waals surface area contributed by atoms with Crippen molar-refractivity contribution in [1.82, 2.24) is 5.43 Å². The minimum Gasteiger partial charge on any atom is -0.271 e. The molecule has 0 spiro atoms. The third-order valence-corrected chi connectivity index (χ3v) is 3.99. The Hall–Kier alpha value is -1.12. The molecule has 1 atom stereocenters. The molecular formula is C16H24N2. The summed E-state index contributed by atoms with van der Waals surface area (Å²) in [5.74, 6) is 5.73. The van der Waals surface area contributed by atoms with Crippen molar-refractivity contribution in [2.45, 2.75) is 52.0 Å². The molecule has 3 N–H and O–H groups in total. The van der Waals surface area contributed by atoms with Crippen molar-refractivity contribution in [3.8, 4) is 0 Å². The lowest BCUT2D eigenvalue weighted by Crippen LogP contribution is -2.38. The third kappa shape index (κ3) is 3.21. The number of nitrogens with two attached hydrogens (primary N) is 1. The molecule has 0 radical (unpaired) electrons. The molecule has 0 fully saturated rings. The molecule has 0 bridgehead atoms. The van der Waals surface area contributed by atoms with Crippen LogP contribution < -0.4 is 11.3 Å². The average Bonchev–Trinajstić information content (AvgIpc) is 2.41. The number of allylic oxidation sites excluding steroid dienone is 1. The van der Waals surface area contributed by atoms with Crippen LogP contribution in [0.4, 0.5) is 0 Å². The van der Waals surface area contributed by atoms with Crippen LogP contribution in [0, 0.1) is 13.8 Å². The van der Waals surface area contributed by atoms with E-state index in [1.807, 2.05) is 0 Å². The number of hydrogen-bond acceptors (Lipinski definition) is 2. The van der Waals surface area contributed by atoms with Gasteiger partial charge >= 0.3 is 0 Å². The second-order valence-corrected chi connectivity index (χ2v) is 5.37. The number of rotatable bonds is 4. The van der Waals surface area contributed by atoms with Crippen molar-refractivity contribution in [2.24, 2.45) is 5.84 Å². The summed E-state index contributed by atoms with van der Waals surface area (Å²) in [6.45, 7) is 4.32. The Morgan fingerprint density at radius 2 is 2.06 bits per heavy atom. The second kappa shape index (κ2) is 6.17. The maximum absolute atomic E-state index is 5.73. The van der Waals surface area contributed by atoms with E-state index in [1.165, 1.54) is 47.9 Å². The van der Waals surface area contributed by atoms with Crippen LogP contribution in [0.3, 0.4) is 0 Å². The number of aryl methyl sites for hydroxylation is 2. The Bertz CT molecular complexity index is 435. The zero-order chi connectivity index (χ0) is 13.0. The smallest absolute Gasteiger partial charge is 0.0460 e. The Kier molecular flexibility index (Phi) is 4.56. The highest BCUT2D eigenvalue weighted by atomic mass is 15.2. The van der Waals surface area contributed by atoms with Gasteiger partial charge in [-0.15, -0.1) is 0 Å². The second-order valence-electron chi connectivity index (χ2n) is 5.37. The van der Waals surface area contributed by atoms with E-state index in [-0.39, 0.29) is 0 Å². The van der Waals surface area contributed by atoms with Gasteiger partial charge in [-0.25, -0.2) is 0 Å². The van der Waals surface area contributed by atoms with Crippen LogP contribution in [0.1, 0.15) is 42.4 Å². The van der Waals surface area contributed by atoms with Crippen LogP contribution in [-0.2, 0) is 6.42 Å². The SMILES string of the molecule is Cc1ccc(CC(NN)C2=CCCCC2)cc1C. The Morgan fingerprint density at radius 3 is 2.67 bits per heavy atom. The van der Waals surface area contributed by atoms with Crippen molar-refractivity contribution < 1.29 is 0 Å². The molecule has 0 heterocycles. The fourth-order valence-electron chi connectivity index (χ4n) is 2.64. The lowest BCUT2D eigenvalue weighted by molar-refractivity contribution is 0.542. The van der Waals surface area contributed by atoms with Crippen molar-refractivity contribution >= 4 is 0 Å². The molecule has 18 heavy (non-hydrogen) atoms. The van der Waals surface area contributed by atoms with E-state index in [2.05, 4.69) is 43.5 Å². The van der Waals surface area contributed by atoms with Crippen molar-refractivity contribution in [3.63, 3.8) is 0 Å². The molecule has 98 valence electrons. The van der Waals surface area contributed by atoms with Crippen LogP contribution in [0.5, 0.6) is 0 Å². The van der Waals surface area contributed by atoms with E-state index >= 15 is 0 Å². The number of benzene rings is 1. The molecule has 1 aromatic carbocycles. The van der Waals surface area contributed by atoms with Crippen LogP contribution in [-0.4, -0.2) is 6.04 Å². The first-order chi connectivity index (χ1) is 8.70. The molecule has 2 heteroatoms. The van der Waals surface area contributed by atoms with Crippen LogP contribution in [0.25, 0.3) is 0 Å². The highest BCUT2D eigenvalue weighted by Gasteiger charge is 2.15. The third-order valence-electron chi connectivity index (χ3n) is 3.99. The Labute approximate surface area is 110 Å². The summed E-state index contributed by atoms with van der Waals surface area (Å²) in [6, 6.07) is 7.00. The van der Waals surface area contributed by atoms with Gasteiger partial charge in [-0.3, -0.25) is 11.3 Å². The highest BCUT2D eigenvalue weighted by molar-refractivity contribution is 5.31. The molecule has 1 aromatic rings. The maximum Gasteiger partial charge on any atom is 0.0460 e. The summed E-state index contributed by atoms with van der Waals surface area (Å²) in [5, 5.41) is 0. The zero-order valence-corrected chi connectivity index (χ0v) is 11.5. The van der Waals surface area contributed by atoms with E-state index in [9.17, 15) is 0 Å². The maximum atomic E-state index is 5.73. The summed E-state index contributed by atoms with van der Waals surface area (Å²) in [7, 11) is 0. The quantitative estimate of drug-likeness (QED) is 0.485. The zero-order valence-electron chi connectivity index (χ0n) is 11.5. The Morgan fingerprint density at radius 1 is 1.22 bits per heavy atom. The van der Waals surface area contributed by atoms with Gasteiger partial charge in [0.15, 0.2) is 0 Å². The normalized spacial score (nSPS) is 17.4. The largest absolute Gasteiger partial charge is 0.271 e. The molecule has 1 aliphatic rings. The number of nitrogens with one attached hydrogen (secondary N) is 1. The summed E-state index contributed by atoms with van der Waals surface area (Å²) < 4.78 is 0. The van der Waals surface area contributed by atoms with Gasteiger partial charge in [0.05, 0.1) is 0 Å². The molecule has 1 unspecified atom stereocenters. The van der Waals surface area contributed by atoms with Gasteiger partial charge in [0.25, 0.3) is 0 Å². The Balaban J connectivity index is 2.09. The molecule has 2 nitrogen and oxygen atoms in total. The number of hydrazine groups is 1. The minimum atomic E-state index is 0.299. The first kappa shape index (κ1) is 13.3. The van der Waals surface area contributed by atoms with Gasteiger partial charge < -0.3 is 0 Å². The van der Waals surface area contributed by atoms with Gasteiger partial charge in [-0.1, -0.05) is 29.8 Å². The fourth-order valence-corrected chi connectivity index (χ4v) is 2.64. The summed E-state index contributed by atoms with van der Waals surface area (Å²) in [4.78, 5) is 0. The summed E-state index contributed by atoms with van der Waals surface area (Å²) in [5.41, 5.74) is 8.56. The molecule has 0 amide bonds. The van der Waals surface area contributed by atoms with Crippen LogP contribution >= 0.6 is 0 Å². The lowest BCUT2D eigenvalue weighted by atomic mass is 9.90. The predicted molar refractivity (Wildman–Crippen MR) is 77.3 cm³/mol. The molecule has 0 aromatic heterocycles. The first-order valence-electron chi connectivity index (χ1n) is 6.92. The monoisotopic (exact) mass is 244 g/mol. The van der Waals surface area contributed by atoms with Crippen LogP contribution in [0.2, 0.25) is 0 Å². The summed E-state index contributed by atoms with van der Waals surface area (Å²) in [6.07, 6.45) is 8.39. The average molecular weight is 244 g/mol. The standard InChI is InChI=1S/C16H24N2/c1-12-8-9-14(10-13(12)2)11-16(18-17)15-6-4-3-5-7-15/h6,8-10,16,18H,3-5,7,11,17H2,1-2H3. The first-order valence-corrected chi connectivity index (χ1v) is 6.92. The van der Waals surface area contributed by atoms with Crippen molar-refractivity contribution in [1.29, 1.82) is 0 Å². The lowest BCUT2D eigenvalue weighted by Gasteiger charge is -2.23. The highest BCUT2D eigenvalue weighted by Crippen LogP contribution is 2.22. The van der Waals surface area contributed by atoms with Gasteiger partial charge in [-0.2, -0.15) is 0 Å². The molecule has 0 saturated carbocycles. The number of hydrogen-bond donors (Lipinski definition) is 2. The predicted octanol–water partition coefficient (Wildman–Crippen LogP) is 3.18. The van der Waals surface area contributed by atoms with E-state index in [0.29, 0.717) is 6.04 Å². The van der Waals surface area contributed by atoms with E-state index < -0.39 is 0 Å². The van der Waals surface area contributed by atoms with E-state index in [4.69, 9.17) is 5.84 Å². The van der Waals surface area contributed by atoms with Gasteiger partial charge in [0.1, 0.15) is 0 Å². The molecule has 2 rings (SSSR count). The topological polar surface area (TPSA) is 38.0 Å². The molecule has 0 saturated heterocycles. The molecule has 0 aliphatic heterocycles. The van der Waals surface area contributed by atoms with Crippen molar-refractivity contribution in [2.75, 3.05) is 0 Å². The molecular weight excluding hydrogens is 220 g/mol. The van der Waals surface area contributed by atoms with Gasteiger partial charge in [-0.05, 0) is 62.6 Å². The van der Waals surface area contributed by atoms with Gasteiger partial charge in [0, 0.05) is 6.04 Å². The van der Waals surface area contributed by atoms with E-state index in [0.717, 1.165) is 6.42 Å². The van der Waals surface area contributed by atoms with Crippen LogP contribution in [0.15, 0.2) is 29.8 Å².